The van der Waals surface area contributed by atoms with Gasteiger partial charge in [-0.1, -0.05) is 46.6 Å². The van der Waals surface area contributed by atoms with E-state index < -0.39 is 6.04 Å². The molecule has 3 rings (SSSR count). The van der Waals surface area contributed by atoms with Crippen molar-refractivity contribution in [2.75, 3.05) is 20.8 Å². The van der Waals surface area contributed by atoms with Gasteiger partial charge in [0.05, 0.1) is 14.1 Å². The lowest BCUT2D eigenvalue weighted by atomic mass is 9.68. The Balaban J connectivity index is 0.000000275. The van der Waals surface area contributed by atoms with Crippen LogP contribution in [-0.2, 0) is 16.0 Å². The molecular weight excluding hydrogens is 364 g/mol. The third-order valence-corrected chi connectivity index (χ3v) is 5.72. The SMILES string of the molecule is CC.CC(C)C(N)C(=O)OC[NH+](C)C.Oc1ccc2c(c1)C1CCCCC1CC2. The number of ether oxygens (including phenoxy) is 1. The van der Waals surface area contributed by atoms with Crippen molar-refractivity contribution < 1.29 is 19.5 Å². The van der Waals surface area contributed by atoms with Crippen molar-refractivity contribution in [1.82, 2.24) is 0 Å². The van der Waals surface area contributed by atoms with Crippen LogP contribution in [0.2, 0.25) is 0 Å². The first-order chi connectivity index (χ1) is 13.8. The molecule has 3 atom stereocenters. The van der Waals surface area contributed by atoms with E-state index in [2.05, 4.69) is 6.07 Å². The summed E-state index contributed by atoms with van der Waals surface area (Å²) in [5.41, 5.74) is 8.49. The summed E-state index contributed by atoms with van der Waals surface area (Å²) in [6.45, 7) is 8.17. The quantitative estimate of drug-likeness (QED) is 0.529. The van der Waals surface area contributed by atoms with Gasteiger partial charge in [-0.3, -0.25) is 4.79 Å². The zero-order chi connectivity index (χ0) is 22.0. The van der Waals surface area contributed by atoms with Crippen LogP contribution < -0.4 is 10.6 Å². The Morgan fingerprint density at radius 1 is 1.21 bits per heavy atom. The predicted octanol–water partition coefficient (Wildman–Crippen LogP) is 3.25. The van der Waals surface area contributed by atoms with E-state index in [1.165, 1.54) is 49.7 Å². The molecule has 29 heavy (non-hydrogen) atoms. The lowest BCUT2D eigenvalue weighted by Gasteiger charge is -2.37. The topological polar surface area (TPSA) is 77.0 Å². The van der Waals surface area contributed by atoms with Crippen molar-refractivity contribution in [1.29, 1.82) is 0 Å². The highest BCUT2D eigenvalue weighted by Crippen LogP contribution is 2.45. The Morgan fingerprint density at radius 3 is 2.48 bits per heavy atom. The first kappa shape index (κ1) is 25.4. The van der Waals surface area contributed by atoms with E-state index in [-0.39, 0.29) is 11.9 Å². The van der Waals surface area contributed by atoms with Crippen LogP contribution in [0.1, 0.15) is 76.8 Å². The molecule has 1 aromatic carbocycles. The van der Waals surface area contributed by atoms with Crippen LogP contribution >= 0.6 is 0 Å². The third-order valence-electron chi connectivity index (χ3n) is 5.72. The molecule has 5 heteroatoms. The second kappa shape index (κ2) is 12.9. The summed E-state index contributed by atoms with van der Waals surface area (Å²) < 4.78 is 4.93. The van der Waals surface area contributed by atoms with Gasteiger partial charge in [0.25, 0.3) is 0 Å². The molecule has 1 aromatic rings. The fraction of sp³-hybridized carbons (Fsp3) is 0.708. The van der Waals surface area contributed by atoms with E-state index in [4.69, 9.17) is 10.5 Å². The van der Waals surface area contributed by atoms with E-state index in [9.17, 15) is 9.90 Å². The lowest BCUT2D eigenvalue weighted by molar-refractivity contribution is -0.877. The van der Waals surface area contributed by atoms with E-state index >= 15 is 0 Å². The highest BCUT2D eigenvalue weighted by atomic mass is 16.5. The maximum atomic E-state index is 11.1. The van der Waals surface area contributed by atoms with E-state index in [1.807, 2.05) is 53.9 Å². The van der Waals surface area contributed by atoms with Crippen molar-refractivity contribution in [2.24, 2.45) is 17.6 Å². The maximum Gasteiger partial charge on any atom is 0.327 e. The molecule has 2 aliphatic rings. The minimum Gasteiger partial charge on any atom is -0.508 e. The lowest BCUT2D eigenvalue weighted by Crippen LogP contribution is -3.06. The molecule has 0 saturated heterocycles. The number of aromatic hydroxyl groups is 1. The fourth-order valence-corrected chi connectivity index (χ4v) is 4.04. The van der Waals surface area contributed by atoms with Crippen LogP contribution in [0.4, 0.5) is 0 Å². The van der Waals surface area contributed by atoms with Crippen molar-refractivity contribution in [2.45, 2.75) is 78.2 Å². The monoisotopic (exact) mass is 407 g/mol. The van der Waals surface area contributed by atoms with Gasteiger partial charge in [-0.15, -0.1) is 0 Å². The molecule has 3 unspecified atom stereocenters. The van der Waals surface area contributed by atoms with Gasteiger partial charge in [0.15, 0.2) is 0 Å². The molecule has 0 aliphatic heterocycles. The number of quaternary nitrogens is 1. The summed E-state index contributed by atoms with van der Waals surface area (Å²) in [4.78, 5) is 12.2. The summed E-state index contributed by atoms with van der Waals surface area (Å²) in [7, 11) is 3.82. The summed E-state index contributed by atoms with van der Waals surface area (Å²) in [5.74, 6) is 1.91. The van der Waals surface area contributed by atoms with Gasteiger partial charge in [0.1, 0.15) is 11.8 Å². The molecular formula is C24H43N2O3+. The smallest absolute Gasteiger partial charge is 0.327 e. The first-order valence-electron chi connectivity index (χ1n) is 11.3. The Labute approximate surface area is 177 Å². The highest BCUT2D eigenvalue weighted by molar-refractivity contribution is 5.75. The van der Waals surface area contributed by atoms with E-state index in [0.29, 0.717) is 12.5 Å². The molecule has 0 radical (unpaired) electrons. The third kappa shape index (κ3) is 7.98. The molecule has 2 aliphatic carbocycles. The number of benzene rings is 1. The number of phenolic OH excluding ortho intramolecular Hbond substituents is 1. The number of aryl methyl sites for hydroxylation is 1. The number of rotatable bonds is 4. The van der Waals surface area contributed by atoms with Crippen LogP contribution in [0.3, 0.4) is 0 Å². The van der Waals surface area contributed by atoms with Gasteiger partial charge in [-0.2, -0.15) is 0 Å². The first-order valence-corrected chi connectivity index (χ1v) is 11.3. The van der Waals surface area contributed by atoms with Crippen LogP contribution in [0.5, 0.6) is 5.75 Å². The summed E-state index contributed by atoms with van der Waals surface area (Å²) >= 11 is 0. The molecule has 166 valence electrons. The molecule has 0 aromatic heterocycles. The van der Waals surface area contributed by atoms with Gasteiger partial charge in [-0.25, -0.2) is 0 Å². The van der Waals surface area contributed by atoms with Gasteiger partial charge in [0, 0.05) is 0 Å². The van der Waals surface area contributed by atoms with Crippen molar-refractivity contribution in [3.8, 4) is 5.75 Å². The van der Waals surface area contributed by atoms with E-state index in [0.717, 1.165) is 16.7 Å². The van der Waals surface area contributed by atoms with Crippen LogP contribution in [0.25, 0.3) is 0 Å². The average molecular weight is 408 g/mol. The number of carbonyl (C=O) groups excluding carboxylic acids is 1. The molecule has 1 saturated carbocycles. The number of nitrogens with one attached hydrogen (secondary N) is 1. The average Bonchev–Trinajstić information content (AvgIpc) is 2.73. The molecule has 0 bridgehead atoms. The second-order valence-electron chi connectivity index (χ2n) is 8.66. The number of carbonyl (C=O) groups is 1. The van der Waals surface area contributed by atoms with Crippen LogP contribution in [-0.4, -0.2) is 37.9 Å². The van der Waals surface area contributed by atoms with Crippen LogP contribution in [0, 0.1) is 11.8 Å². The number of nitrogens with two attached hydrogens (primary N) is 1. The minimum atomic E-state index is -0.496. The molecule has 0 spiro atoms. The van der Waals surface area contributed by atoms with Gasteiger partial charge < -0.3 is 20.5 Å². The zero-order valence-corrected chi connectivity index (χ0v) is 19.3. The summed E-state index contributed by atoms with van der Waals surface area (Å²) in [6.07, 6.45) is 8.10. The van der Waals surface area contributed by atoms with Crippen molar-refractivity contribution >= 4 is 5.97 Å². The minimum absolute atomic E-state index is 0.134. The second-order valence-corrected chi connectivity index (χ2v) is 8.66. The molecule has 5 nitrogen and oxygen atoms in total. The van der Waals surface area contributed by atoms with Crippen molar-refractivity contribution in [3.63, 3.8) is 0 Å². The number of hydrogen-bond donors (Lipinski definition) is 3. The normalized spacial score (nSPS) is 21.0. The Morgan fingerprint density at radius 2 is 1.86 bits per heavy atom. The number of esters is 1. The Kier molecular flexibility index (Phi) is 11.3. The molecule has 4 N–H and O–H groups in total. The predicted molar refractivity (Wildman–Crippen MR) is 119 cm³/mol. The Hall–Kier alpha value is -1.59. The van der Waals surface area contributed by atoms with Gasteiger partial charge in [0.2, 0.25) is 6.73 Å². The molecule has 0 heterocycles. The summed E-state index contributed by atoms with van der Waals surface area (Å²) in [5, 5.41) is 9.58. The molecule has 1 fully saturated rings. The fourth-order valence-electron chi connectivity index (χ4n) is 4.04. The number of fused-ring (bicyclic) bond motifs is 3. The standard InChI is InChI=1S/C14H18O.C8H18N2O2.C2H6/c15-12-8-7-11-6-5-10-3-1-2-4-13(10)14(11)9-12;1-6(2)7(9)8(11)12-5-10(3)4;1-2/h7-10,13,15H,1-6H2;6-7H,5,9H2,1-4H3;1-2H3/p+1. The van der Waals surface area contributed by atoms with Crippen molar-refractivity contribution in [3.05, 3.63) is 29.3 Å². The molecule has 0 amide bonds. The van der Waals surface area contributed by atoms with E-state index in [1.54, 1.807) is 0 Å². The highest BCUT2D eigenvalue weighted by Gasteiger charge is 2.31. The Bertz CT molecular complexity index is 616. The largest absolute Gasteiger partial charge is 0.508 e. The van der Waals surface area contributed by atoms with Crippen LogP contribution in [0.15, 0.2) is 18.2 Å². The number of hydrogen-bond acceptors (Lipinski definition) is 4. The number of phenols is 1. The maximum absolute atomic E-state index is 11.1. The summed E-state index contributed by atoms with van der Waals surface area (Å²) in [6, 6.07) is 5.47. The van der Waals surface area contributed by atoms with Gasteiger partial charge in [-0.05, 0) is 66.7 Å². The van der Waals surface area contributed by atoms with Gasteiger partial charge >= 0.3 is 5.97 Å². The zero-order valence-electron chi connectivity index (χ0n) is 19.3.